The number of hydrogen-bond donors (Lipinski definition) is 0. The van der Waals surface area contributed by atoms with Gasteiger partial charge in [-0.15, -0.1) is 0 Å². The Morgan fingerprint density at radius 2 is 2.00 bits per heavy atom. The van der Waals surface area contributed by atoms with E-state index in [1.807, 2.05) is 22.6 Å². The van der Waals surface area contributed by atoms with Crippen LogP contribution in [0.15, 0.2) is 18.2 Å². The van der Waals surface area contributed by atoms with E-state index in [1.54, 1.807) is 18.2 Å². The maximum Gasteiger partial charge on any atom is 0.390 e. The third-order valence-electron chi connectivity index (χ3n) is 3.25. The van der Waals surface area contributed by atoms with Gasteiger partial charge in [0.15, 0.2) is 0 Å². The van der Waals surface area contributed by atoms with Crippen LogP contribution in [0.2, 0.25) is 0 Å². The van der Waals surface area contributed by atoms with Crippen LogP contribution in [0.4, 0.5) is 18.9 Å². The van der Waals surface area contributed by atoms with Crippen LogP contribution in [0.3, 0.4) is 0 Å². The van der Waals surface area contributed by atoms with E-state index in [9.17, 15) is 18.0 Å². The molecule has 1 aliphatic heterocycles. The van der Waals surface area contributed by atoms with Gasteiger partial charge in [0, 0.05) is 16.3 Å². The van der Waals surface area contributed by atoms with Crippen molar-refractivity contribution >= 4 is 34.2 Å². The van der Waals surface area contributed by atoms with E-state index in [-0.39, 0.29) is 0 Å². The molecule has 0 spiro atoms. The number of likely N-dealkylation sites (N-methyl/N-ethyl adjacent to an activating group) is 1. The third kappa shape index (κ3) is 2.10. The molecular formula is C12H11F3INO. The summed E-state index contributed by atoms with van der Waals surface area (Å²) in [5.74, 6) is -0.503. The van der Waals surface area contributed by atoms with Crippen molar-refractivity contribution in [3.8, 4) is 0 Å². The maximum atomic E-state index is 12.7. The zero-order valence-corrected chi connectivity index (χ0v) is 12.0. The van der Waals surface area contributed by atoms with Crippen molar-refractivity contribution in [2.24, 2.45) is 0 Å². The summed E-state index contributed by atoms with van der Waals surface area (Å²) in [4.78, 5) is 13.4. The Balaban J connectivity index is 2.57. The minimum absolute atomic E-state index is 0.458. The van der Waals surface area contributed by atoms with Gasteiger partial charge in [0.05, 0.1) is 11.8 Å². The van der Waals surface area contributed by atoms with E-state index < -0.39 is 23.9 Å². The topological polar surface area (TPSA) is 20.3 Å². The number of carbonyl (C=O) groups excluding carboxylic acids is 1. The highest BCUT2D eigenvalue weighted by atomic mass is 127. The number of fused-ring (bicyclic) bond motifs is 1. The van der Waals surface area contributed by atoms with Crippen LogP contribution in [-0.2, 0) is 10.2 Å². The zero-order chi connectivity index (χ0) is 13.7. The average Bonchev–Trinajstić information content (AvgIpc) is 2.39. The normalized spacial score (nSPS) is 23.4. The van der Waals surface area contributed by atoms with Gasteiger partial charge in [-0.05, 0) is 53.3 Å². The number of rotatable bonds is 1. The first-order valence-electron chi connectivity index (χ1n) is 5.30. The van der Waals surface area contributed by atoms with E-state index in [2.05, 4.69) is 0 Å². The van der Waals surface area contributed by atoms with Crippen LogP contribution in [-0.4, -0.2) is 19.1 Å². The summed E-state index contributed by atoms with van der Waals surface area (Å²) in [5, 5.41) is 0. The second-order valence-electron chi connectivity index (χ2n) is 4.65. The molecule has 2 rings (SSSR count). The molecule has 1 heterocycles. The van der Waals surface area contributed by atoms with Crippen LogP contribution in [0.25, 0.3) is 0 Å². The van der Waals surface area contributed by atoms with Gasteiger partial charge in [-0.1, -0.05) is 0 Å². The summed E-state index contributed by atoms with van der Waals surface area (Å²) >= 11 is 2.03. The molecule has 2 nitrogen and oxygen atoms in total. The Bertz CT molecular complexity index is 515. The standard InChI is InChI=1S/C12H11F3INO/c1-11(6-12(13,14)15)8-5-7(16)3-4-9(8)17(2)10(11)18/h3-5H,6H2,1-2H3/t11-/m0/s1. The summed E-state index contributed by atoms with van der Waals surface area (Å²) in [6, 6.07) is 5.13. The van der Waals surface area contributed by atoms with Crippen molar-refractivity contribution in [3.05, 3.63) is 27.3 Å². The summed E-state index contributed by atoms with van der Waals surface area (Å²) in [6.45, 7) is 1.36. The largest absolute Gasteiger partial charge is 0.390 e. The highest BCUT2D eigenvalue weighted by Gasteiger charge is 2.52. The number of benzene rings is 1. The van der Waals surface area contributed by atoms with Crippen LogP contribution < -0.4 is 4.90 Å². The maximum absolute atomic E-state index is 12.7. The van der Waals surface area contributed by atoms with Gasteiger partial charge >= 0.3 is 6.18 Å². The molecule has 1 aromatic carbocycles. The Kier molecular flexibility index (Phi) is 3.11. The van der Waals surface area contributed by atoms with E-state index in [0.717, 1.165) is 3.57 Å². The number of nitrogens with zero attached hydrogens (tertiary/aromatic N) is 1. The van der Waals surface area contributed by atoms with Crippen LogP contribution in [0.5, 0.6) is 0 Å². The fraction of sp³-hybridized carbons (Fsp3) is 0.417. The van der Waals surface area contributed by atoms with E-state index in [0.29, 0.717) is 11.3 Å². The summed E-state index contributed by atoms with van der Waals surface area (Å²) in [5.41, 5.74) is -0.491. The minimum atomic E-state index is -4.37. The number of amides is 1. The van der Waals surface area contributed by atoms with Gasteiger partial charge in [-0.3, -0.25) is 4.79 Å². The molecule has 1 atom stereocenters. The van der Waals surface area contributed by atoms with Crippen molar-refractivity contribution in [1.82, 2.24) is 0 Å². The lowest BCUT2D eigenvalue weighted by Crippen LogP contribution is -2.39. The quantitative estimate of drug-likeness (QED) is 0.695. The van der Waals surface area contributed by atoms with Crippen molar-refractivity contribution in [1.29, 1.82) is 0 Å². The van der Waals surface area contributed by atoms with E-state index in [1.165, 1.54) is 18.9 Å². The lowest BCUT2D eigenvalue weighted by Gasteiger charge is -2.24. The number of hydrogen-bond acceptors (Lipinski definition) is 1. The predicted octanol–water partition coefficient (Wildman–Crippen LogP) is 3.48. The van der Waals surface area contributed by atoms with Gasteiger partial charge in [-0.2, -0.15) is 13.2 Å². The van der Waals surface area contributed by atoms with Crippen LogP contribution in [0.1, 0.15) is 18.9 Å². The molecule has 98 valence electrons. The fourth-order valence-corrected chi connectivity index (χ4v) is 2.90. The van der Waals surface area contributed by atoms with Crippen molar-refractivity contribution in [3.63, 3.8) is 0 Å². The van der Waals surface area contributed by atoms with E-state index >= 15 is 0 Å². The SMILES string of the molecule is CN1C(=O)[C@@](C)(CC(F)(F)F)c2cc(I)ccc21. The summed E-state index contributed by atoms with van der Waals surface area (Å²) in [6.07, 6.45) is -5.50. The lowest BCUT2D eigenvalue weighted by molar-refractivity contribution is -0.154. The molecule has 0 radical (unpaired) electrons. The number of carbonyl (C=O) groups is 1. The predicted molar refractivity (Wildman–Crippen MR) is 70.6 cm³/mol. The third-order valence-corrected chi connectivity index (χ3v) is 3.92. The molecule has 0 saturated heterocycles. The zero-order valence-electron chi connectivity index (χ0n) is 9.81. The molecule has 0 N–H and O–H groups in total. The second-order valence-corrected chi connectivity index (χ2v) is 5.90. The summed E-state index contributed by atoms with van der Waals surface area (Å²) < 4.78 is 38.8. The molecular weight excluding hydrogens is 358 g/mol. The highest BCUT2D eigenvalue weighted by molar-refractivity contribution is 14.1. The molecule has 1 aliphatic rings. The number of anilines is 1. The molecule has 18 heavy (non-hydrogen) atoms. The van der Waals surface area contributed by atoms with Crippen LogP contribution >= 0.6 is 22.6 Å². The Morgan fingerprint density at radius 1 is 1.39 bits per heavy atom. The first-order valence-corrected chi connectivity index (χ1v) is 6.38. The molecule has 1 aromatic rings. The minimum Gasteiger partial charge on any atom is -0.314 e. The number of halogens is 4. The molecule has 0 fully saturated rings. The van der Waals surface area contributed by atoms with Gasteiger partial charge in [0.25, 0.3) is 0 Å². The Hall–Kier alpha value is -0.790. The number of alkyl halides is 3. The Labute approximate surface area is 116 Å². The highest BCUT2D eigenvalue weighted by Crippen LogP contribution is 2.47. The molecule has 0 bridgehead atoms. The molecule has 0 aliphatic carbocycles. The molecule has 0 saturated carbocycles. The monoisotopic (exact) mass is 369 g/mol. The van der Waals surface area contributed by atoms with Gasteiger partial charge < -0.3 is 4.90 Å². The lowest BCUT2D eigenvalue weighted by atomic mass is 9.80. The first-order chi connectivity index (χ1) is 8.15. The van der Waals surface area contributed by atoms with Crippen molar-refractivity contribution in [2.45, 2.75) is 24.9 Å². The van der Waals surface area contributed by atoms with Gasteiger partial charge in [-0.25, -0.2) is 0 Å². The molecule has 6 heteroatoms. The Morgan fingerprint density at radius 3 is 2.56 bits per heavy atom. The fourth-order valence-electron chi connectivity index (χ4n) is 2.41. The van der Waals surface area contributed by atoms with Crippen molar-refractivity contribution < 1.29 is 18.0 Å². The van der Waals surface area contributed by atoms with Gasteiger partial charge in [0.1, 0.15) is 0 Å². The average molecular weight is 369 g/mol. The molecule has 1 amide bonds. The van der Waals surface area contributed by atoms with Gasteiger partial charge in [0.2, 0.25) is 5.91 Å². The molecule has 0 unspecified atom stereocenters. The summed E-state index contributed by atoms with van der Waals surface area (Å²) in [7, 11) is 1.51. The van der Waals surface area contributed by atoms with E-state index in [4.69, 9.17) is 0 Å². The first kappa shape index (κ1) is 13.6. The smallest absolute Gasteiger partial charge is 0.314 e. The van der Waals surface area contributed by atoms with Crippen LogP contribution in [0, 0.1) is 3.57 Å². The second kappa shape index (κ2) is 4.11. The molecule has 0 aromatic heterocycles. The van der Waals surface area contributed by atoms with Crippen molar-refractivity contribution in [2.75, 3.05) is 11.9 Å².